The second-order valence-electron chi connectivity index (χ2n) is 10.0. The van der Waals surface area contributed by atoms with E-state index in [-0.39, 0.29) is 37.2 Å². The predicted molar refractivity (Wildman–Crippen MR) is 138 cm³/mol. The number of nitrogens with one attached hydrogen (secondary N) is 1. The average Bonchev–Trinajstić information content (AvgIpc) is 2.86. The molecule has 3 amide bonds. The van der Waals surface area contributed by atoms with Crippen LogP contribution in [0.4, 0.5) is 9.59 Å². The van der Waals surface area contributed by atoms with Crippen LogP contribution in [-0.2, 0) is 4.74 Å². The summed E-state index contributed by atoms with van der Waals surface area (Å²) in [4.78, 5) is 27.4. The normalized spacial score (nSPS) is 20.8. The fourth-order valence-electron chi connectivity index (χ4n) is 5.35. The highest BCUT2D eigenvalue weighted by atomic mass is 35.5. The van der Waals surface area contributed by atoms with Gasteiger partial charge in [-0.1, -0.05) is 55.8 Å². The summed E-state index contributed by atoms with van der Waals surface area (Å²) in [5.41, 5.74) is 6.97. The lowest BCUT2D eigenvalue weighted by atomic mass is 9.85. The standard InChI is InChI=1S/C26H41ClN4O4/c1-30(26(33)34)13-14-35-24(20-9-5-11-22(27)16-20)21-10-6-12-31(18-21)25(32)29-23(17-28)15-19-7-3-2-4-8-19/h5,9,11,16,19,21,23-24H,2-4,6-8,10,12-15,17-18,28H2,1H3,(H,29,32)(H,33,34)/t21-,23+,24?/m1/s1. The summed E-state index contributed by atoms with van der Waals surface area (Å²) in [6.45, 7) is 2.25. The van der Waals surface area contributed by atoms with Gasteiger partial charge < -0.3 is 30.7 Å². The quantitative estimate of drug-likeness (QED) is 0.423. The van der Waals surface area contributed by atoms with E-state index in [0.29, 0.717) is 30.6 Å². The molecule has 1 aromatic rings. The van der Waals surface area contributed by atoms with Crippen molar-refractivity contribution < 1.29 is 19.4 Å². The molecule has 1 unspecified atom stereocenters. The van der Waals surface area contributed by atoms with Crippen LogP contribution >= 0.6 is 11.6 Å². The molecule has 1 aliphatic carbocycles. The van der Waals surface area contributed by atoms with Crippen LogP contribution in [0.15, 0.2) is 24.3 Å². The van der Waals surface area contributed by atoms with Crippen molar-refractivity contribution >= 4 is 23.7 Å². The van der Waals surface area contributed by atoms with E-state index < -0.39 is 6.09 Å². The third-order valence-electron chi connectivity index (χ3n) is 7.36. The van der Waals surface area contributed by atoms with Gasteiger partial charge in [0.15, 0.2) is 0 Å². The number of hydrogen-bond acceptors (Lipinski definition) is 4. The Morgan fingerprint density at radius 2 is 2.03 bits per heavy atom. The van der Waals surface area contributed by atoms with Gasteiger partial charge in [-0.2, -0.15) is 0 Å². The van der Waals surface area contributed by atoms with Gasteiger partial charge in [-0.05, 0) is 42.9 Å². The van der Waals surface area contributed by atoms with E-state index in [0.717, 1.165) is 24.8 Å². The molecule has 2 fully saturated rings. The topological polar surface area (TPSA) is 108 Å². The first kappa shape index (κ1) is 27.6. The van der Waals surface area contributed by atoms with Crippen molar-refractivity contribution in [3.63, 3.8) is 0 Å². The van der Waals surface area contributed by atoms with Gasteiger partial charge in [0, 0.05) is 50.2 Å². The molecule has 3 atom stereocenters. The highest BCUT2D eigenvalue weighted by Crippen LogP contribution is 2.34. The van der Waals surface area contributed by atoms with Crippen LogP contribution in [-0.4, -0.2) is 72.9 Å². The Labute approximate surface area is 214 Å². The monoisotopic (exact) mass is 508 g/mol. The fourth-order valence-corrected chi connectivity index (χ4v) is 5.55. The van der Waals surface area contributed by atoms with Crippen LogP contribution in [0.2, 0.25) is 5.02 Å². The number of carboxylic acid groups (broad SMARTS) is 1. The Morgan fingerprint density at radius 1 is 1.26 bits per heavy atom. The van der Waals surface area contributed by atoms with Gasteiger partial charge in [-0.25, -0.2) is 9.59 Å². The Balaban J connectivity index is 1.62. The second kappa shape index (κ2) is 13.9. The van der Waals surface area contributed by atoms with Gasteiger partial charge in [0.1, 0.15) is 0 Å². The average molecular weight is 509 g/mol. The van der Waals surface area contributed by atoms with Crippen LogP contribution in [0.25, 0.3) is 0 Å². The highest BCUT2D eigenvalue weighted by molar-refractivity contribution is 6.30. The third-order valence-corrected chi connectivity index (χ3v) is 7.59. The van der Waals surface area contributed by atoms with Crippen molar-refractivity contribution in [3.8, 4) is 0 Å². The first-order valence-electron chi connectivity index (χ1n) is 12.9. The number of rotatable bonds is 10. The maximum absolute atomic E-state index is 13.2. The molecule has 1 aromatic carbocycles. The highest BCUT2D eigenvalue weighted by Gasteiger charge is 2.32. The number of nitrogens with zero attached hydrogens (tertiary/aromatic N) is 2. The molecule has 196 valence electrons. The zero-order valence-corrected chi connectivity index (χ0v) is 21.6. The number of halogens is 1. The number of likely N-dealkylation sites (tertiary alicyclic amines) is 1. The zero-order valence-electron chi connectivity index (χ0n) is 20.8. The lowest BCUT2D eigenvalue weighted by Crippen LogP contribution is -2.51. The van der Waals surface area contributed by atoms with E-state index >= 15 is 0 Å². The van der Waals surface area contributed by atoms with E-state index in [1.165, 1.54) is 44.1 Å². The largest absolute Gasteiger partial charge is 0.465 e. The van der Waals surface area contributed by atoms with Crippen LogP contribution < -0.4 is 11.1 Å². The predicted octanol–water partition coefficient (Wildman–Crippen LogP) is 4.73. The molecular weight excluding hydrogens is 468 g/mol. The van der Waals surface area contributed by atoms with E-state index in [1.54, 1.807) is 0 Å². The number of likely N-dealkylation sites (N-methyl/N-ethyl adjacent to an activating group) is 1. The third kappa shape index (κ3) is 8.54. The number of carbonyl (C=O) groups excluding carboxylic acids is 1. The number of piperidine rings is 1. The summed E-state index contributed by atoms with van der Waals surface area (Å²) in [5.74, 6) is 0.731. The molecule has 0 bridgehead atoms. The van der Waals surface area contributed by atoms with E-state index in [2.05, 4.69) is 5.32 Å². The zero-order chi connectivity index (χ0) is 25.2. The molecule has 0 radical (unpaired) electrons. The molecule has 1 heterocycles. The minimum absolute atomic E-state index is 0.00231. The van der Waals surface area contributed by atoms with Gasteiger partial charge in [0.2, 0.25) is 0 Å². The minimum atomic E-state index is -0.990. The molecule has 0 aromatic heterocycles. The Hall–Kier alpha value is -2.03. The van der Waals surface area contributed by atoms with Gasteiger partial charge in [-0.15, -0.1) is 0 Å². The van der Waals surface area contributed by atoms with Gasteiger partial charge in [0.25, 0.3) is 0 Å². The summed E-state index contributed by atoms with van der Waals surface area (Å²) < 4.78 is 6.23. The van der Waals surface area contributed by atoms with Crippen molar-refractivity contribution in [2.24, 2.45) is 17.6 Å². The maximum atomic E-state index is 13.2. The van der Waals surface area contributed by atoms with Crippen LogP contribution in [0.1, 0.15) is 63.0 Å². The lowest BCUT2D eigenvalue weighted by Gasteiger charge is -2.38. The summed E-state index contributed by atoms with van der Waals surface area (Å²) in [7, 11) is 1.52. The number of ether oxygens (including phenoxy) is 1. The lowest BCUT2D eigenvalue weighted by molar-refractivity contribution is -0.0155. The molecule has 35 heavy (non-hydrogen) atoms. The summed E-state index contributed by atoms with van der Waals surface area (Å²) in [5, 5.41) is 12.9. The second-order valence-corrected chi connectivity index (χ2v) is 10.5. The van der Waals surface area contributed by atoms with Crippen LogP contribution in [0, 0.1) is 11.8 Å². The summed E-state index contributed by atoms with van der Waals surface area (Å²) in [6.07, 6.45) is 7.80. The number of benzene rings is 1. The molecule has 8 nitrogen and oxygen atoms in total. The Kier molecular flexibility index (Phi) is 10.9. The van der Waals surface area contributed by atoms with Crippen molar-refractivity contribution in [1.82, 2.24) is 15.1 Å². The molecule has 1 saturated heterocycles. The van der Waals surface area contributed by atoms with Gasteiger partial charge >= 0.3 is 12.1 Å². The Morgan fingerprint density at radius 3 is 2.71 bits per heavy atom. The van der Waals surface area contributed by atoms with Crippen molar-refractivity contribution in [3.05, 3.63) is 34.9 Å². The molecule has 3 rings (SSSR count). The van der Waals surface area contributed by atoms with Crippen LogP contribution in [0.5, 0.6) is 0 Å². The number of amides is 3. The maximum Gasteiger partial charge on any atom is 0.407 e. The summed E-state index contributed by atoms with van der Waals surface area (Å²) >= 11 is 6.26. The van der Waals surface area contributed by atoms with Gasteiger partial charge in [0.05, 0.1) is 12.7 Å². The minimum Gasteiger partial charge on any atom is -0.465 e. The molecular formula is C26H41ClN4O4. The van der Waals surface area contributed by atoms with Crippen molar-refractivity contribution in [2.45, 2.75) is 63.5 Å². The van der Waals surface area contributed by atoms with Crippen molar-refractivity contribution in [1.29, 1.82) is 0 Å². The van der Waals surface area contributed by atoms with E-state index in [9.17, 15) is 9.59 Å². The molecule has 2 aliphatic rings. The number of hydrogen-bond donors (Lipinski definition) is 3. The first-order valence-corrected chi connectivity index (χ1v) is 13.3. The number of nitrogens with two attached hydrogens (primary N) is 1. The summed E-state index contributed by atoms with van der Waals surface area (Å²) in [6, 6.07) is 7.52. The van der Waals surface area contributed by atoms with E-state index in [1.807, 2.05) is 29.2 Å². The fraction of sp³-hybridized carbons (Fsp3) is 0.692. The number of carbonyl (C=O) groups is 2. The Bertz CT molecular complexity index is 820. The van der Waals surface area contributed by atoms with Crippen molar-refractivity contribution in [2.75, 3.05) is 39.8 Å². The number of urea groups is 1. The molecule has 9 heteroatoms. The van der Waals surface area contributed by atoms with Crippen LogP contribution in [0.3, 0.4) is 0 Å². The molecule has 1 aliphatic heterocycles. The molecule has 4 N–H and O–H groups in total. The van der Waals surface area contributed by atoms with Gasteiger partial charge in [-0.3, -0.25) is 0 Å². The SMILES string of the molecule is CN(CCOC(c1cccc(Cl)c1)[C@@H]1CCCN(C(=O)N[C@H](CN)CC2CCCCC2)C1)C(=O)O. The molecule has 0 spiro atoms. The van der Waals surface area contributed by atoms with E-state index in [4.69, 9.17) is 27.2 Å². The first-order chi connectivity index (χ1) is 16.9. The molecule has 1 saturated carbocycles. The smallest absolute Gasteiger partial charge is 0.407 e.